The summed E-state index contributed by atoms with van der Waals surface area (Å²) in [4.78, 5) is 10.4. The molecule has 1 atom stereocenters. The molecule has 0 unspecified atom stereocenters. The molecule has 0 saturated heterocycles. The van der Waals surface area contributed by atoms with Gasteiger partial charge in [0.15, 0.2) is 0 Å². The smallest absolute Gasteiger partial charge is 0.258 e. The molecule has 0 bridgehead atoms. The number of hydrogen-bond donors (Lipinski definition) is 0. The minimum atomic E-state index is -1.33. The molecule has 0 spiro atoms. The van der Waals surface area contributed by atoms with Crippen LogP contribution < -0.4 is 0 Å². The number of rotatable bonds is 2. The molecule has 5 nitrogen and oxygen atoms in total. The van der Waals surface area contributed by atoms with Gasteiger partial charge in [-0.15, -0.1) is 0 Å². The van der Waals surface area contributed by atoms with E-state index < -0.39 is 20.7 Å². The molecule has 0 aromatic heterocycles. The molecular formula is C13H16N2O3S. The fourth-order valence-corrected chi connectivity index (χ4v) is 2.55. The van der Waals surface area contributed by atoms with E-state index in [2.05, 4.69) is 4.40 Å². The Labute approximate surface area is 114 Å². The van der Waals surface area contributed by atoms with Crippen molar-refractivity contribution in [2.24, 2.45) is 4.40 Å². The van der Waals surface area contributed by atoms with Crippen molar-refractivity contribution in [1.29, 1.82) is 0 Å². The second-order valence-electron chi connectivity index (χ2n) is 5.50. The number of nitrogens with zero attached hydrogens (tertiary/aromatic N) is 2. The number of aryl methyl sites for hydroxylation is 1. The van der Waals surface area contributed by atoms with E-state index in [1.54, 1.807) is 6.07 Å². The predicted molar refractivity (Wildman–Crippen MR) is 75.8 cm³/mol. The Hall–Kier alpha value is -1.56. The van der Waals surface area contributed by atoms with Gasteiger partial charge in [0, 0.05) is 17.7 Å². The van der Waals surface area contributed by atoms with E-state index in [1.807, 2.05) is 20.8 Å². The second-order valence-corrected chi connectivity index (χ2v) is 7.40. The first-order chi connectivity index (χ1) is 8.79. The topological polar surface area (TPSA) is 72.6 Å². The van der Waals surface area contributed by atoms with Crippen LogP contribution in [0, 0.1) is 10.1 Å². The van der Waals surface area contributed by atoms with E-state index in [9.17, 15) is 14.3 Å². The van der Waals surface area contributed by atoms with Crippen molar-refractivity contribution in [3.8, 4) is 0 Å². The average Bonchev–Trinajstić information content (AvgIpc) is 2.70. The lowest BCUT2D eigenvalue weighted by Crippen LogP contribution is -2.20. The van der Waals surface area contributed by atoms with Gasteiger partial charge in [-0.2, -0.15) is 4.40 Å². The Morgan fingerprint density at radius 1 is 1.32 bits per heavy atom. The lowest BCUT2D eigenvalue weighted by Gasteiger charge is -2.14. The fourth-order valence-electron chi connectivity index (χ4n) is 1.88. The highest BCUT2D eigenvalue weighted by atomic mass is 32.2. The lowest BCUT2D eigenvalue weighted by atomic mass is 10.1. The third kappa shape index (κ3) is 2.89. The summed E-state index contributed by atoms with van der Waals surface area (Å²) >= 11 is 0. The van der Waals surface area contributed by atoms with Crippen molar-refractivity contribution in [3.63, 3.8) is 0 Å². The van der Waals surface area contributed by atoms with Crippen LogP contribution in [0.1, 0.15) is 38.3 Å². The van der Waals surface area contributed by atoms with Gasteiger partial charge in [-0.3, -0.25) is 10.1 Å². The normalized spacial score (nSPS) is 18.4. The largest absolute Gasteiger partial charge is 0.270 e. The first-order valence-corrected chi connectivity index (χ1v) is 7.17. The van der Waals surface area contributed by atoms with Crippen molar-refractivity contribution in [1.82, 2.24) is 0 Å². The molecular weight excluding hydrogens is 264 g/mol. The highest BCUT2D eigenvalue weighted by Crippen LogP contribution is 2.28. The molecule has 102 valence electrons. The third-order valence-corrected chi connectivity index (χ3v) is 4.40. The number of non-ortho nitro benzene ring substituents is 1. The van der Waals surface area contributed by atoms with Crippen LogP contribution in [-0.2, 0) is 17.4 Å². The van der Waals surface area contributed by atoms with Crippen molar-refractivity contribution in [2.45, 2.75) is 38.4 Å². The highest BCUT2D eigenvalue weighted by Gasteiger charge is 2.25. The first kappa shape index (κ1) is 13.9. The van der Waals surface area contributed by atoms with Gasteiger partial charge in [-0.1, -0.05) is 6.07 Å². The maximum Gasteiger partial charge on any atom is 0.270 e. The second kappa shape index (κ2) is 4.85. The summed E-state index contributed by atoms with van der Waals surface area (Å²) in [5, 5.41) is 10.8. The first-order valence-electron chi connectivity index (χ1n) is 6.06. The molecule has 6 heteroatoms. The standard InChI is InChI=1S/C13H16N2O3S/c1-13(2,3)19(18)14-12-7-5-9-4-6-10(15(16)17)8-11(9)12/h4,6,8H,5,7H2,1-3H3/t19-/m0/s1. The van der Waals surface area contributed by atoms with Crippen LogP contribution in [0.4, 0.5) is 5.69 Å². The Morgan fingerprint density at radius 2 is 2.00 bits per heavy atom. The van der Waals surface area contributed by atoms with Crippen molar-refractivity contribution in [3.05, 3.63) is 39.4 Å². The van der Waals surface area contributed by atoms with Gasteiger partial charge in [-0.05, 0) is 39.2 Å². The van der Waals surface area contributed by atoms with Crippen LogP contribution in [0.25, 0.3) is 0 Å². The lowest BCUT2D eigenvalue weighted by molar-refractivity contribution is -0.384. The summed E-state index contributed by atoms with van der Waals surface area (Å²) in [5.74, 6) is 0. The molecule has 0 aliphatic heterocycles. The van der Waals surface area contributed by atoms with Crippen LogP contribution >= 0.6 is 0 Å². The van der Waals surface area contributed by atoms with Crippen molar-refractivity contribution in [2.75, 3.05) is 0 Å². The molecule has 1 aliphatic rings. The molecule has 0 heterocycles. The zero-order valence-corrected chi connectivity index (χ0v) is 12.0. The SMILES string of the molecule is CC(C)(C)[S@](=O)N=C1CCc2ccc([N+](=O)[O-])cc21. The summed E-state index contributed by atoms with van der Waals surface area (Å²) in [6, 6.07) is 4.79. The van der Waals surface area contributed by atoms with Gasteiger partial charge < -0.3 is 0 Å². The minimum Gasteiger partial charge on any atom is -0.258 e. The van der Waals surface area contributed by atoms with Crippen LogP contribution in [0.2, 0.25) is 0 Å². The molecule has 0 saturated carbocycles. The highest BCUT2D eigenvalue weighted by molar-refractivity contribution is 7.85. The number of nitro groups is 1. The Balaban J connectivity index is 2.41. The van der Waals surface area contributed by atoms with E-state index in [1.165, 1.54) is 12.1 Å². The molecule has 0 N–H and O–H groups in total. The molecule has 0 amide bonds. The summed E-state index contributed by atoms with van der Waals surface area (Å²) in [6.45, 7) is 5.57. The Kier molecular flexibility index (Phi) is 3.54. The maximum absolute atomic E-state index is 12.0. The molecule has 1 aliphatic carbocycles. The monoisotopic (exact) mass is 280 g/mol. The van der Waals surface area contributed by atoms with Crippen LogP contribution in [0.3, 0.4) is 0 Å². The van der Waals surface area contributed by atoms with Crippen LogP contribution in [-0.4, -0.2) is 19.6 Å². The minimum absolute atomic E-state index is 0.0508. The molecule has 19 heavy (non-hydrogen) atoms. The van der Waals surface area contributed by atoms with Gasteiger partial charge in [0.2, 0.25) is 0 Å². The quantitative estimate of drug-likeness (QED) is 0.617. The fraction of sp³-hybridized carbons (Fsp3) is 0.462. The van der Waals surface area contributed by atoms with E-state index in [-0.39, 0.29) is 5.69 Å². The van der Waals surface area contributed by atoms with Crippen LogP contribution in [0.5, 0.6) is 0 Å². The van der Waals surface area contributed by atoms with Crippen molar-refractivity contribution >= 4 is 22.4 Å². The molecule has 0 radical (unpaired) electrons. The van der Waals surface area contributed by atoms with E-state index >= 15 is 0 Å². The maximum atomic E-state index is 12.0. The number of nitro benzene ring substituents is 1. The number of benzene rings is 1. The summed E-state index contributed by atoms with van der Waals surface area (Å²) < 4.78 is 15.9. The number of fused-ring (bicyclic) bond motifs is 1. The molecule has 2 rings (SSSR count). The van der Waals surface area contributed by atoms with Gasteiger partial charge in [0.1, 0.15) is 11.0 Å². The van der Waals surface area contributed by atoms with E-state index in [4.69, 9.17) is 0 Å². The van der Waals surface area contributed by atoms with Gasteiger partial charge in [0.25, 0.3) is 5.69 Å². The predicted octanol–water partition coefficient (Wildman–Crippen LogP) is 2.79. The van der Waals surface area contributed by atoms with E-state index in [0.29, 0.717) is 12.1 Å². The Bertz CT molecular complexity index is 588. The zero-order valence-electron chi connectivity index (χ0n) is 11.2. The molecule has 1 aromatic carbocycles. The van der Waals surface area contributed by atoms with E-state index in [0.717, 1.165) is 17.5 Å². The third-order valence-electron chi connectivity index (χ3n) is 2.96. The summed E-state index contributed by atoms with van der Waals surface area (Å²) in [5.41, 5.74) is 2.57. The number of hydrogen-bond acceptors (Lipinski definition) is 3. The zero-order chi connectivity index (χ0) is 14.2. The molecule has 1 aromatic rings. The summed E-state index contributed by atoms with van der Waals surface area (Å²) in [6.07, 6.45) is 1.49. The Morgan fingerprint density at radius 3 is 2.58 bits per heavy atom. The van der Waals surface area contributed by atoms with Crippen molar-refractivity contribution < 1.29 is 9.13 Å². The van der Waals surface area contributed by atoms with Gasteiger partial charge >= 0.3 is 0 Å². The summed E-state index contributed by atoms with van der Waals surface area (Å²) in [7, 11) is -1.33. The van der Waals surface area contributed by atoms with Gasteiger partial charge in [-0.25, -0.2) is 4.21 Å². The van der Waals surface area contributed by atoms with Gasteiger partial charge in [0.05, 0.1) is 15.4 Å². The molecule has 0 fully saturated rings. The average molecular weight is 280 g/mol. The van der Waals surface area contributed by atoms with Crippen LogP contribution in [0.15, 0.2) is 22.6 Å².